The highest BCUT2D eigenvalue weighted by Gasteiger charge is 2.29. The summed E-state index contributed by atoms with van der Waals surface area (Å²) in [7, 11) is 0. The van der Waals surface area contributed by atoms with Gasteiger partial charge in [-0.15, -0.1) is 11.3 Å². The number of nitriles is 1. The number of morpholine rings is 1. The molecule has 0 saturated carbocycles. The Balaban J connectivity index is 2.20. The van der Waals surface area contributed by atoms with Crippen LogP contribution in [0, 0.1) is 11.3 Å². The van der Waals surface area contributed by atoms with Crippen molar-refractivity contribution in [3.63, 3.8) is 0 Å². The largest absolute Gasteiger partial charge is 0.383 e. The van der Waals surface area contributed by atoms with E-state index in [0.717, 1.165) is 11.4 Å². The number of amidine groups is 1. The predicted molar refractivity (Wildman–Crippen MR) is 117 cm³/mol. The van der Waals surface area contributed by atoms with E-state index in [2.05, 4.69) is 22.9 Å². The van der Waals surface area contributed by atoms with Crippen LogP contribution in [0.15, 0.2) is 23.2 Å². The summed E-state index contributed by atoms with van der Waals surface area (Å²) in [4.78, 5) is 7.01. The molecule has 1 aromatic heterocycles. The molecule has 1 aliphatic heterocycles. The number of halogens is 2. The molecule has 4 N–H and O–H groups in total. The first-order valence-electron chi connectivity index (χ1n) is 8.89. The minimum atomic E-state index is 0.0597. The molecule has 9 heteroatoms. The molecule has 1 aromatic carbocycles. The van der Waals surface area contributed by atoms with E-state index in [-0.39, 0.29) is 18.6 Å². The lowest BCUT2D eigenvalue weighted by atomic mass is 10.0. The number of hydrogen-bond acceptors (Lipinski definition) is 6. The van der Waals surface area contributed by atoms with Crippen molar-refractivity contribution >= 4 is 45.4 Å². The molecule has 0 spiro atoms. The topological polar surface area (TPSA) is 101 Å². The summed E-state index contributed by atoms with van der Waals surface area (Å²) in [5.41, 5.74) is 13.6. The number of anilines is 1. The maximum Gasteiger partial charge on any atom is 0.137 e. The van der Waals surface area contributed by atoms with Gasteiger partial charge in [-0.1, -0.05) is 36.2 Å². The fourth-order valence-electron chi connectivity index (χ4n) is 3.20. The molecule has 1 fully saturated rings. The lowest BCUT2D eigenvalue weighted by Gasteiger charge is -2.33. The van der Waals surface area contributed by atoms with E-state index in [1.54, 1.807) is 18.2 Å². The Kier molecular flexibility index (Phi) is 6.81. The summed E-state index contributed by atoms with van der Waals surface area (Å²) >= 11 is 13.9. The molecule has 1 unspecified atom stereocenters. The summed E-state index contributed by atoms with van der Waals surface area (Å²) in [5, 5.41) is 11.8. The van der Waals surface area contributed by atoms with Gasteiger partial charge < -0.3 is 21.1 Å². The first-order valence-corrected chi connectivity index (χ1v) is 10.5. The molecule has 2 aromatic rings. The number of ether oxygens (including phenoxy) is 1. The molecule has 1 atom stereocenters. The minimum absolute atomic E-state index is 0.0597. The van der Waals surface area contributed by atoms with Crippen molar-refractivity contribution in [2.24, 2.45) is 16.5 Å². The SMILES string of the molecule is CCC1CN(c2sc(/C(N)=N/CN)c(-c3ccc(Cl)cc3Cl)c2C#N)CCO1. The number of aliphatic imine (C=N–C) groups is 1. The Bertz CT molecular complexity index is 937. The number of benzene rings is 1. The van der Waals surface area contributed by atoms with E-state index in [1.807, 2.05) is 0 Å². The molecule has 28 heavy (non-hydrogen) atoms. The smallest absolute Gasteiger partial charge is 0.137 e. The van der Waals surface area contributed by atoms with Gasteiger partial charge in [0, 0.05) is 34.3 Å². The third-order valence-electron chi connectivity index (χ3n) is 4.58. The van der Waals surface area contributed by atoms with Crippen molar-refractivity contribution in [3.8, 4) is 17.2 Å². The van der Waals surface area contributed by atoms with E-state index >= 15 is 0 Å². The van der Waals surface area contributed by atoms with E-state index in [0.29, 0.717) is 51.3 Å². The van der Waals surface area contributed by atoms with E-state index < -0.39 is 0 Å². The third kappa shape index (κ3) is 4.12. The van der Waals surface area contributed by atoms with Gasteiger partial charge in [0.15, 0.2) is 0 Å². The van der Waals surface area contributed by atoms with Crippen LogP contribution in [0.3, 0.4) is 0 Å². The summed E-state index contributed by atoms with van der Waals surface area (Å²) < 4.78 is 5.77. The highest BCUT2D eigenvalue weighted by molar-refractivity contribution is 7.19. The maximum absolute atomic E-state index is 10.0. The van der Waals surface area contributed by atoms with Gasteiger partial charge in [-0.3, -0.25) is 4.99 Å². The van der Waals surface area contributed by atoms with Crippen molar-refractivity contribution in [2.45, 2.75) is 19.4 Å². The first kappa shape index (κ1) is 20.9. The highest BCUT2D eigenvalue weighted by atomic mass is 35.5. The molecule has 3 rings (SSSR count). The molecular weight excluding hydrogens is 417 g/mol. The van der Waals surface area contributed by atoms with E-state index in [1.165, 1.54) is 11.3 Å². The summed E-state index contributed by atoms with van der Waals surface area (Å²) in [5.74, 6) is 0.288. The lowest BCUT2D eigenvalue weighted by Crippen LogP contribution is -2.42. The van der Waals surface area contributed by atoms with Crippen LogP contribution in [-0.2, 0) is 4.74 Å². The van der Waals surface area contributed by atoms with Gasteiger partial charge in [-0.2, -0.15) is 5.26 Å². The van der Waals surface area contributed by atoms with Crippen LogP contribution in [-0.4, -0.2) is 38.3 Å². The highest BCUT2D eigenvalue weighted by Crippen LogP contribution is 2.44. The van der Waals surface area contributed by atoms with Crippen LogP contribution in [0.25, 0.3) is 11.1 Å². The van der Waals surface area contributed by atoms with E-state index in [9.17, 15) is 5.26 Å². The average Bonchev–Trinajstić information content (AvgIpc) is 3.07. The number of thiophene rings is 1. The molecule has 1 aliphatic rings. The Hall–Kier alpha value is -1.82. The number of nitrogens with two attached hydrogens (primary N) is 2. The summed E-state index contributed by atoms with van der Waals surface area (Å²) in [6.45, 7) is 4.17. The fraction of sp³-hybridized carbons (Fsp3) is 0.368. The van der Waals surface area contributed by atoms with Gasteiger partial charge in [-0.25, -0.2) is 0 Å². The predicted octanol–water partition coefficient (Wildman–Crippen LogP) is 3.83. The van der Waals surface area contributed by atoms with Crippen molar-refractivity contribution < 1.29 is 4.74 Å². The molecule has 0 radical (unpaired) electrons. The molecule has 1 saturated heterocycles. The maximum atomic E-state index is 10.0. The average molecular weight is 438 g/mol. The zero-order valence-electron chi connectivity index (χ0n) is 15.4. The number of rotatable bonds is 5. The minimum Gasteiger partial charge on any atom is -0.383 e. The Morgan fingerprint density at radius 2 is 2.25 bits per heavy atom. The molecule has 2 heterocycles. The zero-order chi connectivity index (χ0) is 20.3. The van der Waals surface area contributed by atoms with Crippen molar-refractivity contribution in [1.29, 1.82) is 5.26 Å². The molecule has 0 bridgehead atoms. The second kappa shape index (κ2) is 9.12. The standard InChI is InChI=1S/C19H21Cl2N5OS/c1-2-12-9-26(5-6-27-12)19-14(8-22)16(17(28-19)18(24)25-10-23)13-4-3-11(20)7-15(13)21/h3-4,7,12H,2,5-6,9-10,23H2,1H3,(H2,24,25). The number of hydrogen-bond donors (Lipinski definition) is 2. The first-order chi connectivity index (χ1) is 13.5. The fourth-order valence-corrected chi connectivity index (χ4v) is 4.92. The molecule has 0 aliphatic carbocycles. The Morgan fingerprint density at radius 1 is 1.46 bits per heavy atom. The van der Waals surface area contributed by atoms with Crippen LogP contribution in [0.1, 0.15) is 23.8 Å². The molecular formula is C19H21Cl2N5OS. The Morgan fingerprint density at radius 3 is 2.89 bits per heavy atom. The normalized spacial score (nSPS) is 17.6. The van der Waals surface area contributed by atoms with Crippen LogP contribution in [0.4, 0.5) is 5.00 Å². The third-order valence-corrected chi connectivity index (χ3v) is 6.40. The Labute approximate surface area is 178 Å². The van der Waals surface area contributed by atoms with E-state index in [4.69, 9.17) is 39.4 Å². The molecule has 148 valence electrons. The van der Waals surface area contributed by atoms with Crippen molar-refractivity contribution in [2.75, 3.05) is 31.3 Å². The van der Waals surface area contributed by atoms with Gasteiger partial charge >= 0.3 is 0 Å². The monoisotopic (exact) mass is 437 g/mol. The van der Waals surface area contributed by atoms with Gasteiger partial charge in [0.05, 0.1) is 29.8 Å². The molecule has 6 nitrogen and oxygen atoms in total. The quantitative estimate of drug-likeness (QED) is 0.546. The van der Waals surface area contributed by atoms with Crippen LogP contribution in [0.2, 0.25) is 10.0 Å². The lowest BCUT2D eigenvalue weighted by molar-refractivity contribution is 0.0386. The van der Waals surface area contributed by atoms with Gasteiger partial charge in [0.25, 0.3) is 0 Å². The van der Waals surface area contributed by atoms with Gasteiger partial charge in [0.1, 0.15) is 16.9 Å². The summed E-state index contributed by atoms with van der Waals surface area (Å²) in [6, 6.07) is 7.53. The van der Waals surface area contributed by atoms with Gasteiger partial charge in [-0.05, 0) is 18.6 Å². The summed E-state index contributed by atoms with van der Waals surface area (Å²) in [6.07, 6.45) is 1.03. The zero-order valence-corrected chi connectivity index (χ0v) is 17.7. The van der Waals surface area contributed by atoms with Crippen molar-refractivity contribution in [1.82, 2.24) is 0 Å². The second-order valence-electron chi connectivity index (χ2n) is 6.30. The van der Waals surface area contributed by atoms with Gasteiger partial charge in [0.2, 0.25) is 0 Å². The second-order valence-corrected chi connectivity index (χ2v) is 8.14. The van der Waals surface area contributed by atoms with Crippen LogP contribution in [0.5, 0.6) is 0 Å². The van der Waals surface area contributed by atoms with Crippen molar-refractivity contribution in [3.05, 3.63) is 38.7 Å². The number of nitrogens with zero attached hydrogens (tertiary/aromatic N) is 3. The van der Waals surface area contributed by atoms with Crippen LogP contribution < -0.4 is 16.4 Å². The molecule has 0 amide bonds. The van der Waals surface area contributed by atoms with Crippen LogP contribution >= 0.6 is 34.5 Å².